The Bertz CT molecular complexity index is 1280. The van der Waals surface area contributed by atoms with Crippen molar-refractivity contribution in [3.8, 4) is 0 Å². The number of halogens is 3. The van der Waals surface area contributed by atoms with Gasteiger partial charge >= 0.3 is 6.18 Å². The lowest BCUT2D eigenvalue weighted by Crippen LogP contribution is -2.53. The molecule has 8 heteroatoms. The maximum atomic E-state index is 13.2. The van der Waals surface area contributed by atoms with E-state index in [1.807, 2.05) is 6.07 Å². The van der Waals surface area contributed by atoms with Gasteiger partial charge in [-0.2, -0.15) is 13.2 Å². The Morgan fingerprint density at radius 1 is 0.969 bits per heavy atom. The maximum Gasteiger partial charge on any atom is 0.416 e. The van der Waals surface area contributed by atoms with Gasteiger partial charge in [0.15, 0.2) is 0 Å². The van der Waals surface area contributed by atoms with E-state index < -0.39 is 23.7 Å². The fourth-order valence-electron chi connectivity index (χ4n) is 4.49. The summed E-state index contributed by atoms with van der Waals surface area (Å²) < 4.78 is 38.5. The van der Waals surface area contributed by atoms with Crippen LogP contribution in [0.3, 0.4) is 0 Å². The molecule has 5 rings (SSSR count). The van der Waals surface area contributed by atoms with Crippen LogP contribution in [0.15, 0.2) is 54.6 Å². The molecule has 2 heterocycles. The molecule has 5 nitrogen and oxygen atoms in total. The summed E-state index contributed by atoms with van der Waals surface area (Å²) in [6.07, 6.45) is -3.59. The van der Waals surface area contributed by atoms with Crippen LogP contribution in [-0.4, -0.2) is 23.8 Å². The summed E-state index contributed by atoms with van der Waals surface area (Å²) in [5.74, 6) is -1.15. The third kappa shape index (κ3) is 3.23. The molecular weight excluding hydrogens is 421 g/mol. The van der Waals surface area contributed by atoms with E-state index in [9.17, 15) is 27.6 Å². The van der Waals surface area contributed by atoms with Gasteiger partial charge in [-0.05, 0) is 53.6 Å². The number of carbonyl (C=O) groups is 3. The molecule has 0 bridgehead atoms. The minimum Gasteiger partial charge on any atom is -0.295 e. The number of alkyl halides is 3. The lowest BCUT2D eigenvalue weighted by atomic mass is 9.95. The van der Waals surface area contributed by atoms with Gasteiger partial charge < -0.3 is 0 Å². The van der Waals surface area contributed by atoms with Gasteiger partial charge in [0, 0.05) is 17.4 Å². The van der Waals surface area contributed by atoms with Crippen LogP contribution in [0.5, 0.6) is 0 Å². The van der Waals surface area contributed by atoms with Crippen LogP contribution in [0.4, 0.5) is 18.9 Å². The van der Waals surface area contributed by atoms with Crippen molar-refractivity contribution in [2.75, 3.05) is 4.90 Å². The van der Waals surface area contributed by atoms with Crippen molar-refractivity contribution >= 4 is 34.2 Å². The van der Waals surface area contributed by atoms with Crippen LogP contribution in [0.25, 0.3) is 10.8 Å². The number of benzene rings is 3. The summed E-state index contributed by atoms with van der Waals surface area (Å²) >= 11 is 0. The predicted molar refractivity (Wildman–Crippen MR) is 111 cm³/mol. The molecule has 1 saturated heterocycles. The van der Waals surface area contributed by atoms with Crippen molar-refractivity contribution in [1.82, 2.24) is 5.32 Å². The van der Waals surface area contributed by atoms with Crippen LogP contribution in [0.2, 0.25) is 0 Å². The minimum absolute atomic E-state index is 0.158. The number of carbonyl (C=O) groups excluding carboxylic acids is 3. The summed E-state index contributed by atoms with van der Waals surface area (Å²) in [6.45, 7) is 0. The summed E-state index contributed by atoms with van der Waals surface area (Å²) in [5.41, 5.74) is 1.95. The molecule has 0 saturated carbocycles. The average Bonchev–Trinajstić information content (AvgIpc) is 3.03. The van der Waals surface area contributed by atoms with Crippen LogP contribution in [0, 0.1) is 0 Å². The highest BCUT2D eigenvalue weighted by Gasteiger charge is 2.40. The summed E-state index contributed by atoms with van der Waals surface area (Å²) in [6, 6.07) is 13.2. The highest BCUT2D eigenvalue weighted by atomic mass is 19.4. The van der Waals surface area contributed by atoms with Crippen LogP contribution >= 0.6 is 0 Å². The Hall–Kier alpha value is -3.68. The summed E-state index contributed by atoms with van der Waals surface area (Å²) in [4.78, 5) is 38.5. The van der Waals surface area contributed by atoms with Crippen LogP contribution < -0.4 is 10.2 Å². The van der Waals surface area contributed by atoms with Gasteiger partial charge in [-0.3, -0.25) is 24.6 Å². The quantitative estimate of drug-likeness (QED) is 0.623. The SMILES string of the molecule is O=C1CCC(N2C(=O)c3ccc(Cc4ccc(C(F)(F)F)cc4)c4cccc2c34)C(=O)N1. The third-order valence-electron chi connectivity index (χ3n) is 6.02. The number of nitrogens with zero attached hydrogens (tertiary/aromatic N) is 1. The van der Waals surface area contributed by atoms with E-state index in [-0.39, 0.29) is 24.7 Å². The molecule has 32 heavy (non-hydrogen) atoms. The Kier molecular flexibility index (Phi) is 4.54. The molecule has 3 aromatic carbocycles. The normalized spacial score (nSPS) is 18.4. The Morgan fingerprint density at radius 2 is 1.72 bits per heavy atom. The maximum absolute atomic E-state index is 13.2. The molecular formula is C24H17F3N2O3. The summed E-state index contributed by atoms with van der Waals surface area (Å²) in [5, 5.41) is 3.82. The molecule has 3 amide bonds. The molecule has 1 unspecified atom stereocenters. The topological polar surface area (TPSA) is 66.5 Å². The molecule has 3 aromatic rings. The first-order chi connectivity index (χ1) is 15.2. The first-order valence-corrected chi connectivity index (χ1v) is 10.1. The lowest BCUT2D eigenvalue weighted by Gasteiger charge is -2.30. The van der Waals surface area contributed by atoms with E-state index in [1.54, 1.807) is 24.3 Å². The number of imide groups is 1. The smallest absolute Gasteiger partial charge is 0.295 e. The van der Waals surface area contributed by atoms with Gasteiger partial charge in [0.1, 0.15) is 6.04 Å². The van der Waals surface area contributed by atoms with Gasteiger partial charge in [0.05, 0.1) is 11.3 Å². The van der Waals surface area contributed by atoms with Gasteiger partial charge in [-0.25, -0.2) is 0 Å². The number of hydrogen-bond acceptors (Lipinski definition) is 3. The number of piperidine rings is 1. The average molecular weight is 438 g/mol. The molecule has 0 radical (unpaired) electrons. The minimum atomic E-state index is -4.39. The molecule has 162 valence electrons. The van der Waals surface area contributed by atoms with Gasteiger partial charge in [0.2, 0.25) is 11.8 Å². The monoisotopic (exact) mass is 438 g/mol. The van der Waals surface area contributed by atoms with Crippen molar-refractivity contribution in [3.05, 3.63) is 76.9 Å². The van der Waals surface area contributed by atoms with E-state index >= 15 is 0 Å². The second kappa shape index (κ2) is 7.19. The zero-order valence-corrected chi connectivity index (χ0v) is 16.7. The molecule has 0 spiro atoms. The van der Waals surface area contributed by atoms with Crippen LogP contribution in [-0.2, 0) is 22.2 Å². The number of rotatable bonds is 3. The Balaban J connectivity index is 1.53. The van der Waals surface area contributed by atoms with Gasteiger partial charge in [-0.1, -0.05) is 30.3 Å². The number of hydrogen-bond donors (Lipinski definition) is 1. The van der Waals surface area contributed by atoms with Crippen molar-refractivity contribution in [1.29, 1.82) is 0 Å². The van der Waals surface area contributed by atoms with Crippen molar-refractivity contribution < 1.29 is 27.6 Å². The second-order valence-electron chi connectivity index (χ2n) is 7.99. The zero-order valence-electron chi connectivity index (χ0n) is 16.7. The Labute approximate surface area is 180 Å². The fourth-order valence-corrected chi connectivity index (χ4v) is 4.49. The Morgan fingerprint density at radius 3 is 2.41 bits per heavy atom. The van der Waals surface area contributed by atoms with Crippen LogP contribution in [0.1, 0.15) is 39.9 Å². The molecule has 1 fully saturated rings. The first kappa shape index (κ1) is 20.2. The van der Waals surface area contributed by atoms with E-state index in [1.165, 1.54) is 17.0 Å². The van der Waals surface area contributed by atoms with E-state index in [2.05, 4.69) is 5.32 Å². The highest BCUT2D eigenvalue weighted by molar-refractivity contribution is 6.27. The number of nitrogens with one attached hydrogen (secondary N) is 1. The highest BCUT2D eigenvalue weighted by Crippen LogP contribution is 2.41. The number of anilines is 1. The van der Waals surface area contributed by atoms with Gasteiger partial charge in [0.25, 0.3) is 5.91 Å². The van der Waals surface area contributed by atoms with E-state index in [4.69, 9.17) is 0 Å². The largest absolute Gasteiger partial charge is 0.416 e. The third-order valence-corrected chi connectivity index (χ3v) is 6.02. The van der Waals surface area contributed by atoms with Crippen molar-refractivity contribution in [2.45, 2.75) is 31.5 Å². The predicted octanol–water partition coefficient (Wildman–Crippen LogP) is 4.21. The first-order valence-electron chi connectivity index (χ1n) is 10.1. The molecule has 0 aromatic heterocycles. The second-order valence-corrected chi connectivity index (χ2v) is 7.99. The lowest BCUT2D eigenvalue weighted by molar-refractivity contribution is -0.137. The zero-order chi connectivity index (χ0) is 22.6. The van der Waals surface area contributed by atoms with E-state index in [0.717, 1.165) is 23.1 Å². The van der Waals surface area contributed by atoms with Gasteiger partial charge in [-0.15, -0.1) is 0 Å². The summed E-state index contributed by atoms with van der Waals surface area (Å²) in [7, 11) is 0. The molecule has 0 aliphatic carbocycles. The molecule has 2 aliphatic heterocycles. The number of amides is 3. The van der Waals surface area contributed by atoms with Crippen molar-refractivity contribution in [3.63, 3.8) is 0 Å². The van der Waals surface area contributed by atoms with E-state index in [0.29, 0.717) is 28.6 Å². The fraction of sp³-hybridized carbons (Fsp3) is 0.208. The van der Waals surface area contributed by atoms with Crippen molar-refractivity contribution in [2.24, 2.45) is 0 Å². The molecule has 1 atom stereocenters. The molecule has 2 aliphatic rings. The molecule has 1 N–H and O–H groups in total. The standard InChI is InChI=1S/C24H17F3N2O3/c25-24(26,27)15-7-4-13(5-8-15)12-14-6-9-17-21-16(14)2-1-3-18(21)29(23(17)32)19-10-11-20(30)28-22(19)31/h1-9,19H,10-12H2,(H,28,30,31).